The van der Waals surface area contributed by atoms with Crippen LogP contribution in [0.4, 0.5) is 5.69 Å². The molecule has 0 atom stereocenters. The number of ether oxygens (including phenoxy) is 1. The molecule has 82 valence electrons. The summed E-state index contributed by atoms with van der Waals surface area (Å²) >= 11 is 3.36. The minimum absolute atomic E-state index is 0.0997. The summed E-state index contributed by atoms with van der Waals surface area (Å²) in [5.74, 6) is -0.127. The van der Waals surface area contributed by atoms with E-state index in [-0.39, 0.29) is 12.5 Å². The van der Waals surface area contributed by atoms with E-state index in [0.29, 0.717) is 6.61 Å². The second-order valence-corrected chi connectivity index (χ2v) is 4.06. The molecule has 0 saturated carbocycles. The first-order valence-electron chi connectivity index (χ1n) is 4.77. The summed E-state index contributed by atoms with van der Waals surface area (Å²) in [4.78, 5) is 11.4. The second-order valence-electron chi connectivity index (χ2n) is 3.14. The van der Waals surface area contributed by atoms with Gasteiger partial charge in [-0.3, -0.25) is 4.79 Å². The SMILES string of the molecule is CCOCC(=O)Nc1cc(Br)ccc1C. The zero-order chi connectivity index (χ0) is 11.3. The molecular formula is C11H14BrNO2. The first kappa shape index (κ1) is 12.2. The zero-order valence-corrected chi connectivity index (χ0v) is 10.4. The van der Waals surface area contributed by atoms with E-state index in [2.05, 4.69) is 21.2 Å². The Kier molecular flexibility index (Phi) is 4.78. The Balaban J connectivity index is 2.63. The van der Waals surface area contributed by atoms with Crippen LogP contribution in [-0.4, -0.2) is 19.1 Å². The predicted octanol–water partition coefficient (Wildman–Crippen LogP) is 2.73. The Bertz CT molecular complexity index is 352. The maximum atomic E-state index is 11.4. The minimum atomic E-state index is -0.127. The number of aryl methyl sites for hydroxylation is 1. The fraction of sp³-hybridized carbons (Fsp3) is 0.364. The van der Waals surface area contributed by atoms with E-state index in [0.717, 1.165) is 15.7 Å². The van der Waals surface area contributed by atoms with Gasteiger partial charge < -0.3 is 10.1 Å². The van der Waals surface area contributed by atoms with Crippen LogP contribution in [0.15, 0.2) is 22.7 Å². The van der Waals surface area contributed by atoms with E-state index in [1.165, 1.54) is 0 Å². The zero-order valence-electron chi connectivity index (χ0n) is 8.84. The standard InChI is InChI=1S/C11H14BrNO2/c1-3-15-7-11(14)13-10-6-9(12)5-4-8(10)2/h4-6H,3,7H2,1-2H3,(H,13,14). The van der Waals surface area contributed by atoms with Crippen LogP contribution in [0.2, 0.25) is 0 Å². The van der Waals surface area contributed by atoms with Gasteiger partial charge >= 0.3 is 0 Å². The number of benzene rings is 1. The number of carbonyl (C=O) groups excluding carboxylic acids is 1. The van der Waals surface area contributed by atoms with Crippen LogP contribution in [0.1, 0.15) is 12.5 Å². The van der Waals surface area contributed by atoms with Crippen LogP contribution < -0.4 is 5.32 Å². The summed E-state index contributed by atoms with van der Waals surface area (Å²) in [6.45, 7) is 4.45. The third-order valence-corrected chi connectivity index (χ3v) is 2.40. The van der Waals surface area contributed by atoms with E-state index in [9.17, 15) is 4.79 Å². The molecule has 1 rings (SSSR count). The Morgan fingerprint density at radius 2 is 2.27 bits per heavy atom. The predicted molar refractivity (Wildman–Crippen MR) is 64.0 cm³/mol. The third kappa shape index (κ3) is 4.01. The van der Waals surface area contributed by atoms with Crippen molar-refractivity contribution in [1.29, 1.82) is 0 Å². The lowest BCUT2D eigenvalue weighted by atomic mass is 10.2. The Labute approximate surface area is 97.9 Å². The molecule has 0 spiro atoms. The average Bonchev–Trinajstić information content (AvgIpc) is 2.20. The summed E-state index contributed by atoms with van der Waals surface area (Å²) in [5, 5.41) is 2.79. The van der Waals surface area contributed by atoms with Crippen molar-refractivity contribution in [3.05, 3.63) is 28.2 Å². The van der Waals surface area contributed by atoms with Gasteiger partial charge in [0.05, 0.1) is 0 Å². The highest BCUT2D eigenvalue weighted by Crippen LogP contribution is 2.20. The van der Waals surface area contributed by atoms with Crippen LogP contribution in [-0.2, 0) is 9.53 Å². The van der Waals surface area contributed by atoms with Crippen molar-refractivity contribution in [2.75, 3.05) is 18.5 Å². The lowest BCUT2D eigenvalue weighted by molar-refractivity contribution is -0.120. The molecule has 0 saturated heterocycles. The van der Waals surface area contributed by atoms with Crippen molar-refractivity contribution < 1.29 is 9.53 Å². The summed E-state index contributed by atoms with van der Waals surface area (Å²) in [7, 11) is 0. The number of amides is 1. The maximum absolute atomic E-state index is 11.4. The highest BCUT2D eigenvalue weighted by Gasteiger charge is 2.04. The van der Waals surface area contributed by atoms with Gasteiger partial charge in [-0.15, -0.1) is 0 Å². The summed E-state index contributed by atoms with van der Waals surface area (Å²) in [5.41, 5.74) is 1.84. The molecule has 0 radical (unpaired) electrons. The summed E-state index contributed by atoms with van der Waals surface area (Å²) in [6, 6.07) is 5.76. The molecular weight excluding hydrogens is 258 g/mol. The smallest absolute Gasteiger partial charge is 0.250 e. The van der Waals surface area contributed by atoms with Gasteiger partial charge in [-0.2, -0.15) is 0 Å². The molecule has 1 amide bonds. The van der Waals surface area contributed by atoms with Gasteiger partial charge in [0.15, 0.2) is 0 Å². The molecule has 4 heteroatoms. The van der Waals surface area contributed by atoms with E-state index in [4.69, 9.17) is 4.74 Å². The topological polar surface area (TPSA) is 38.3 Å². The van der Waals surface area contributed by atoms with Gasteiger partial charge in [0.25, 0.3) is 0 Å². The van der Waals surface area contributed by atoms with Crippen molar-refractivity contribution >= 4 is 27.5 Å². The molecule has 3 nitrogen and oxygen atoms in total. The number of nitrogens with one attached hydrogen (secondary N) is 1. The summed E-state index contributed by atoms with van der Waals surface area (Å²) < 4.78 is 5.96. The van der Waals surface area contributed by atoms with Crippen LogP contribution in [0.5, 0.6) is 0 Å². The number of hydrogen-bond donors (Lipinski definition) is 1. The largest absolute Gasteiger partial charge is 0.372 e. The maximum Gasteiger partial charge on any atom is 0.250 e. The number of halogens is 1. The monoisotopic (exact) mass is 271 g/mol. The second kappa shape index (κ2) is 5.88. The molecule has 0 heterocycles. The van der Waals surface area contributed by atoms with Gasteiger partial charge in [0.2, 0.25) is 5.91 Å². The first-order valence-corrected chi connectivity index (χ1v) is 5.56. The lowest BCUT2D eigenvalue weighted by Crippen LogP contribution is -2.18. The van der Waals surface area contributed by atoms with Crippen molar-refractivity contribution in [3.63, 3.8) is 0 Å². The molecule has 1 N–H and O–H groups in total. The van der Waals surface area contributed by atoms with E-state index in [1.54, 1.807) is 0 Å². The normalized spacial score (nSPS) is 10.1. The van der Waals surface area contributed by atoms with Crippen molar-refractivity contribution in [3.8, 4) is 0 Å². The van der Waals surface area contributed by atoms with Gasteiger partial charge in [-0.05, 0) is 31.5 Å². The van der Waals surface area contributed by atoms with E-state index in [1.807, 2.05) is 32.0 Å². The fourth-order valence-electron chi connectivity index (χ4n) is 1.11. The Morgan fingerprint density at radius 1 is 1.53 bits per heavy atom. The number of rotatable bonds is 4. The van der Waals surface area contributed by atoms with Crippen LogP contribution in [0, 0.1) is 6.92 Å². The molecule has 0 bridgehead atoms. The molecule has 15 heavy (non-hydrogen) atoms. The molecule has 0 aliphatic heterocycles. The first-order chi connectivity index (χ1) is 7.13. The van der Waals surface area contributed by atoms with Gasteiger partial charge in [-0.1, -0.05) is 22.0 Å². The summed E-state index contributed by atoms with van der Waals surface area (Å²) in [6.07, 6.45) is 0. The van der Waals surface area contributed by atoms with Crippen molar-refractivity contribution in [2.45, 2.75) is 13.8 Å². The average molecular weight is 272 g/mol. The molecule has 0 fully saturated rings. The van der Waals surface area contributed by atoms with Gasteiger partial charge in [-0.25, -0.2) is 0 Å². The van der Waals surface area contributed by atoms with Gasteiger partial charge in [0.1, 0.15) is 6.61 Å². The lowest BCUT2D eigenvalue weighted by Gasteiger charge is -2.08. The molecule has 1 aromatic rings. The van der Waals surface area contributed by atoms with Crippen molar-refractivity contribution in [1.82, 2.24) is 0 Å². The molecule has 0 aromatic heterocycles. The number of anilines is 1. The van der Waals surface area contributed by atoms with Crippen LogP contribution in [0.3, 0.4) is 0 Å². The molecule has 0 aliphatic carbocycles. The van der Waals surface area contributed by atoms with E-state index >= 15 is 0 Å². The molecule has 0 aliphatic rings. The van der Waals surface area contributed by atoms with Crippen molar-refractivity contribution in [2.24, 2.45) is 0 Å². The minimum Gasteiger partial charge on any atom is -0.372 e. The quantitative estimate of drug-likeness (QED) is 0.915. The van der Waals surface area contributed by atoms with Crippen LogP contribution >= 0.6 is 15.9 Å². The number of carbonyl (C=O) groups is 1. The number of hydrogen-bond acceptors (Lipinski definition) is 2. The fourth-order valence-corrected chi connectivity index (χ4v) is 1.47. The Morgan fingerprint density at radius 3 is 2.93 bits per heavy atom. The van der Waals surface area contributed by atoms with E-state index < -0.39 is 0 Å². The van der Waals surface area contributed by atoms with Gasteiger partial charge in [0, 0.05) is 16.8 Å². The van der Waals surface area contributed by atoms with Crippen LogP contribution in [0.25, 0.3) is 0 Å². The Hall–Kier alpha value is -0.870. The molecule has 1 aromatic carbocycles. The third-order valence-electron chi connectivity index (χ3n) is 1.91. The highest BCUT2D eigenvalue weighted by atomic mass is 79.9. The highest BCUT2D eigenvalue weighted by molar-refractivity contribution is 9.10. The molecule has 0 unspecified atom stereocenters.